The number of nitrogens with zero attached hydrogens (tertiary/aromatic N) is 1. The Labute approximate surface area is 108 Å². The summed E-state index contributed by atoms with van der Waals surface area (Å²) in [6, 6.07) is 10.8. The van der Waals surface area contributed by atoms with Crippen molar-refractivity contribution >= 4 is 28.3 Å². The molecule has 0 radical (unpaired) electrons. The van der Waals surface area contributed by atoms with Crippen LogP contribution in [0.15, 0.2) is 48.8 Å². The van der Waals surface area contributed by atoms with E-state index in [1.54, 1.807) is 36.7 Å². The van der Waals surface area contributed by atoms with Crippen LogP contribution < -0.4 is 0 Å². The van der Waals surface area contributed by atoms with Gasteiger partial charge in [0, 0.05) is 33.9 Å². The molecule has 3 rings (SSSR count). The Kier molecular flexibility index (Phi) is 2.61. The maximum atomic E-state index is 12.2. The number of halogens is 1. The topological polar surface area (TPSA) is 45.8 Å². The van der Waals surface area contributed by atoms with E-state index >= 15 is 0 Å². The van der Waals surface area contributed by atoms with Crippen LogP contribution in [0.1, 0.15) is 16.1 Å². The average Bonchev–Trinajstić information content (AvgIpc) is 2.81. The summed E-state index contributed by atoms with van der Waals surface area (Å²) in [6.07, 6.45) is 3.20. The van der Waals surface area contributed by atoms with Crippen LogP contribution in [0.2, 0.25) is 5.02 Å². The number of aromatic nitrogens is 2. The lowest BCUT2D eigenvalue weighted by atomic mass is 10.1. The summed E-state index contributed by atoms with van der Waals surface area (Å²) in [7, 11) is 0. The number of pyridine rings is 1. The van der Waals surface area contributed by atoms with E-state index in [1.165, 1.54) is 0 Å². The molecular formula is C14H9ClN2O. The number of benzene rings is 1. The SMILES string of the molecule is O=C(c1cccnc1)c1cc2ccc(Cl)cc2[nH]1. The van der Waals surface area contributed by atoms with Crippen molar-refractivity contribution in [2.75, 3.05) is 0 Å². The maximum absolute atomic E-state index is 12.2. The van der Waals surface area contributed by atoms with E-state index in [0.29, 0.717) is 16.3 Å². The molecule has 0 spiro atoms. The molecule has 1 aromatic carbocycles. The molecule has 0 aliphatic carbocycles. The summed E-state index contributed by atoms with van der Waals surface area (Å²) in [6.45, 7) is 0. The monoisotopic (exact) mass is 256 g/mol. The zero-order valence-electron chi connectivity index (χ0n) is 9.35. The van der Waals surface area contributed by atoms with Crippen molar-refractivity contribution in [2.24, 2.45) is 0 Å². The van der Waals surface area contributed by atoms with Crippen molar-refractivity contribution in [1.82, 2.24) is 9.97 Å². The van der Waals surface area contributed by atoms with Gasteiger partial charge in [0.25, 0.3) is 0 Å². The van der Waals surface area contributed by atoms with Gasteiger partial charge < -0.3 is 4.98 Å². The molecule has 3 aromatic rings. The van der Waals surface area contributed by atoms with E-state index in [9.17, 15) is 4.79 Å². The highest BCUT2D eigenvalue weighted by atomic mass is 35.5. The van der Waals surface area contributed by atoms with Crippen LogP contribution in [0.5, 0.6) is 0 Å². The summed E-state index contributed by atoms with van der Waals surface area (Å²) in [5.74, 6) is -0.0737. The molecule has 18 heavy (non-hydrogen) atoms. The molecule has 0 atom stereocenters. The highest BCUT2D eigenvalue weighted by molar-refractivity contribution is 6.31. The summed E-state index contributed by atoms with van der Waals surface area (Å²) in [4.78, 5) is 19.2. The van der Waals surface area contributed by atoms with Gasteiger partial charge in [-0.2, -0.15) is 0 Å². The normalized spacial score (nSPS) is 10.7. The predicted octanol–water partition coefficient (Wildman–Crippen LogP) is 3.45. The van der Waals surface area contributed by atoms with Gasteiger partial charge in [0.1, 0.15) is 0 Å². The van der Waals surface area contributed by atoms with E-state index < -0.39 is 0 Å². The van der Waals surface area contributed by atoms with Crippen molar-refractivity contribution in [3.05, 3.63) is 65.1 Å². The first kappa shape index (κ1) is 11.0. The number of H-pyrrole nitrogens is 1. The molecule has 0 bridgehead atoms. The molecule has 1 N–H and O–H groups in total. The number of aromatic amines is 1. The van der Waals surface area contributed by atoms with Crippen molar-refractivity contribution in [3.63, 3.8) is 0 Å². The van der Waals surface area contributed by atoms with Crippen molar-refractivity contribution < 1.29 is 4.79 Å². The Balaban J connectivity index is 2.07. The first-order chi connectivity index (χ1) is 8.74. The van der Waals surface area contributed by atoms with Gasteiger partial charge in [-0.15, -0.1) is 0 Å². The zero-order chi connectivity index (χ0) is 12.5. The summed E-state index contributed by atoms with van der Waals surface area (Å²) >= 11 is 5.91. The lowest BCUT2D eigenvalue weighted by molar-refractivity contribution is 0.103. The van der Waals surface area contributed by atoms with Gasteiger partial charge >= 0.3 is 0 Å². The lowest BCUT2D eigenvalue weighted by Gasteiger charge is -1.96. The molecule has 0 saturated carbocycles. The fraction of sp³-hybridized carbons (Fsp3) is 0. The van der Waals surface area contributed by atoms with Gasteiger partial charge in [-0.1, -0.05) is 17.7 Å². The third-order valence-electron chi connectivity index (χ3n) is 2.75. The van der Waals surface area contributed by atoms with Gasteiger partial charge in [0.15, 0.2) is 0 Å². The summed E-state index contributed by atoms with van der Waals surface area (Å²) in [5, 5.41) is 1.61. The van der Waals surface area contributed by atoms with Crippen LogP contribution in [0.4, 0.5) is 0 Å². The van der Waals surface area contributed by atoms with Gasteiger partial charge in [0.2, 0.25) is 5.78 Å². The number of ketones is 1. The molecule has 0 unspecified atom stereocenters. The van der Waals surface area contributed by atoms with Crippen LogP contribution in [0, 0.1) is 0 Å². The Morgan fingerprint density at radius 1 is 1.22 bits per heavy atom. The Hall–Kier alpha value is -2.13. The van der Waals surface area contributed by atoms with Crippen LogP contribution in [0.25, 0.3) is 10.9 Å². The fourth-order valence-corrected chi connectivity index (χ4v) is 2.05. The molecule has 2 aromatic heterocycles. The summed E-state index contributed by atoms with van der Waals surface area (Å²) < 4.78 is 0. The Morgan fingerprint density at radius 2 is 2.11 bits per heavy atom. The van der Waals surface area contributed by atoms with Gasteiger partial charge in [-0.3, -0.25) is 9.78 Å². The smallest absolute Gasteiger partial charge is 0.210 e. The second kappa shape index (κ2) is 4.27. The van der Waals surface area contributed by atoms with E-state index in [0.717, 1.165) is 10.9 Å². The molecule has 0 saturated heterocycles. The molecule has 0 aliphatic heterocycles. The number of fused-ring (bicyclic) bond motifs is 1. The van der Waals surface area contributed by atoms with Gasteiger partial charge in [-0.25, -0.2) is 0 Å². The fourth-order valence-electron chi connectivity index (χ4n) is 1.87. The number of carbonyl (C=O) groups excluding carboxylic acids is 1. The number of rotatable bonds is 2. The number of nitrogens with one attached hydrogen (secondary N) is 1. The number of hydrogen-bond donors (Lipinski definition) is 1. The number of carbonyl (C=O) groups is 1. The molecule has 0 amide bonds. The van der Waals surface area contributed by atoms with Crippen molar-refractivity contribution in [1.29, 1.82) is 0 Å². The third-order valence-corrected chi connectivity index (χ3v) is 2.99. The van der Waals surface area contributed by atoms with E-state index in [2.05, 4.69) is 9.97 Å². The lowest BCUT2D eigenvalue weighted by Crippen LogP contribution is -2.01. The molecule has 3 nitrogen and oxygen atoms in total. The first-order valence-electron chi connectivity index (χ1n) is 5.47. The Morgan fingerprint density at radius 3 is 2.89 bits per heavy atom. The van der Waals surface area contributed by atoms with Crippen LogP contribution >= 0.6 is 11.6 Å². The minimum atomic E-state index is -0.0737. The minimum absolute atomic E-state index is 0.0737. The van der Waals surface area contributed by atoms with Crippen molar-refractivity contribution in [3.8, 4) is 0 Å². The zero-order valence-corrected chi connectivity index (χ0v) is 10.1. The molecule has 0 aliphatic rings. The largest absolute Gasteiger partial charge is 0.352 e. The average molecular weight is 257 g/mol. The highest BCUT2D eigenvalue weighted by Gasteiger charge is 2.11. The molecule has 0 fully saturated rings. The minimum Gasteiger partial charge on any atom is -0.352 e. The summed E-state index contributed by atoms with van der Waals surface area (Å²) in [5.41, 5.74) is 1.96. The highest BCUT2D eigenvalue weighted by Crippen LogP contribution is 2.21. The van der Waals surface area contributed by atoms with Gasteiger partial charge in [0.05, 0.1) is 5.69 Å². The maximum Gasteiger partial charge on any atom is 0.210 e. The van der Waals surface area contributed by atoms with Crippen LogP contribution in [-0.2, 0) is 0 Å². The standard InChI is InChI=1S/C14H9ClN2O/c15-11-4-3-9-6-13(17-12(9)7-11)14(18)10-2-1-5-16-8-10/h1-8,17H. The molecule has 88 valence electrons. The predicted molar refractivity (Wildman–Crippen MR) is 71.0 cm³/mol. The second-order valence-corrected chi connectivity index (χ2v) is 4.42. The molecular weight excluding hydrogens is 248 g/mol. The quantitative estimate of drug-likeness (QED) is 0.714. The van der Waals surface area contributed by atoms with Crippen LogP contribution in [0.3, 0.4) is 0 Å². The third kappa shape index (κ3) is 1.89. The van der Waals surface area contributed by atoms with Gasteiger partial charge in [-0.05, 0) is 30.3 Å². The number of hydrogen-bond acceptors (Lipinski definition) is 2. The van der Waals surface area contributed by atoms with E-state index in [1.807, 2.05) is 12.1 Å². The van der Waals surface area contributed by atoms with E-state index in [-0.39, 0.29) is 5.78 Å². The first-order valence-corrected chi connectivity index (χ1v) is 5.85. The molecule has 2 heterocycles. The van der Waals surface area contributed by atoms with E-state index in [4.69, 9.17) is 11.6 Å². The Bertz CT molecular complexity index is 719. The second-order valence-electron chi connectivity index (χ2n) is 3.99. The van der Waals surface area contributed by atoms with Crippen LogP contribution in [-0.4, -0.2) is 15.8 Å². The van der Waals surface area contributed by atoms with Crippen molar-refractivity contribution in [2.45, 2.75) is 0 Å². The molecule has 4 heteroatoms.